The molecule has 0 amide bonds. The summed E-state index contributed by atoms with van der Waals surface area (Å²) >= 11 is 0. The van der Waals surface area contributed by atoms with Crippen molar-refractivity contribution in [3.8, 4) is 5.75 Å². The minimum atomic E-state index is 0.446. The molecule has 2 nitrogen and oxygen atoms in total. The second kappa shape index (κ2) is 3.38. The van der Waals surface area contributed by atoms with Crippen LogP contribution in [0.15, 0.2) is 12.1 Å². The van der Waals surface area contributed by atoms with Crippen LogP contribution in [-0.2, 0) is 24.2 Å². The van der Waals surface area contributed by atoms with Gasteiger partial charge in [-0.2, -0.15) is 0 Å². The second-order valence-corrected chi connectivity index (χ2v) is 3.54. The van der Waals surface area contributed by atoms with E-state index >= 15 is 0 Å². The zero-order chi connectivity index (χ0) is 9.26. The molecule has 0 saturated carbocycles. The Hall–Kier alpha value is -1.02. The van der Waals surface area contributed by atoms with Crippen LogP contribution in [0.1, 0.15) is 23.1 Å². The number of benzene rings is 1. The molecule has 70 valence electrons. The number of rotatable bonds is 2. The number of aryl methyl sites for hydroxylation is 1. The van der Waals surface area contributed by atoms with E-state index in [9.17, 15) is 5.11 Å². The molecule has 0 bridgehead atoms. The lowest BCUT2D eigenvalue weighted by molar-refractivity contribution is 0.184. The topological polar surface area (TPSA) is 29.5 Å². The van der Waals surface area contributed by atoms with E-state index in [0.717, 1.165) is 24.0 Å². The summed E-state index contributed by atoms with van der Waals surface area (Å²) in [5, 5.41) is 9.68. The van der Waals surface area contributed by atoms with Crippen molar-refractivity contribution in [3.05, 3.63) is 28.8 Å². The van der Waals surface area contributed by atoms with Crippen molar-refractivity contribution in [1.29, 1.82) is 0 Å². The summed E-state index contributed by atoms with van der Waals surface area (Å²) in [6, 6.07) is 3.96. The highest BCUT2D eigenvalue weighted by atomic mass is 16.5. The van der Waals surface area contributed by atoms with Crippen LogP contribution in [0.3, 0.4) is 0 Å². The number of ether oxygens (including phenoxy) is 1. The summed E-state index contributed by atoms with van der Waals surface area (Å²) in [5.74, 6) is 0.446. The first-order chi connectivity index (χ1) is 6.31. The average molecular weight is 178 g/mol. The highest BCUT2D eigenvalue weighted by Crippen LogP contribution is 2.31. The summed E-state index contributed by atoms with van der Waals surface area (Å²) in [4.78, 5) is 0. The molecule has 0 radical (unpaired) electrons. The van der Waals surface area contributed by atoms with E-state index < -0.39 is 0 Å². The summed E-state index contributed by atoms with van der Waals surface area (Å²) < 4.78 is 5.03. The molecule has 0 aliphatic heterocycles. The zero-order valence-corrected chi connectivity index (χ0v) is 7.84. The van der Waals surface area contributed by atoms with Crippen LogP contribution in [0, 0.1) is 0 Å². The maximum atomic E-state index is 9.68. The van der Waals surface area contributed by atoms with Crippen molar-refractivity contribution in [1.82, 2.24) is 0 Å². The first kappa shape index (κ1) is 8.57. The molecule has 13 heavy (non-hydrogen) atoms. The van der Waals surface area contributed by atoms with Gasteiger partial charge in [0.15, 0.2) is 0 Å². The van der Waals surface area contributed by atoms with Gasteiger partial charge < -0.3 is 9.84 Å². The van der Waals surface area contributed by atoms with Gasteiger partial charge in [0.05, 0.1) is 6.61 Å². The van der Waals surface area contributed by atoms with Gasteiger partial charge in [0, 0.05) is 7.11 Å². The van der Waals surface area contributed by atoms with Crippen molar-refractivity contribution < 1.29 is 9.84 Å². The van der Waals surface area contributed by atoms with Crippen LogP contribution < -0.4 is 0 Å². The fourth-order valence-electron chi connectivity index (χ4n) is 2.00. The number of phenolic OH excluding ortho intramolecular Hbond substituents is 1. The molecule has 0 unspecified atom stereocenters. The molecule has 1 aliphatic rings. The lowest BCUT2D eigenvalue weighted by Crippen LogP contribution is -1.91. The van der Waals surface area contributed by atoms with E-state index in [0.29, 0.717) is 12.4 Å². The Morgan fingerprint density at radius 2 is 2.23 bits per heavy atom. The predicted octanol–water partition coefficient (Wildman–Crippen LogP) is 2.03. The Morgan fingerprint density at radius 3 is 3.00 bits per heavy atom. The molecule has 1 aromatic rings. The molecule has 0 fully saturated rings. The van der Waals surface area contributed by atoms with Crippen LogP contribution in [0.5, 0.6) is 5.75 Å². The van der Waals surface area contributed by atoms with Crippen molar-refractivity contribution in [3.63, 3.8) is 0 Å². The SMILES string of the molecule is COCc1cc(O)c2c(c1)CCC2. The average Bonchev–Trinajstić information content (AvgIpc) is 2.53. The summed E-state index contributed by atoms with van der Waals surface area (Å²) in [7, 11) is 1.67. The fourth-order valence-corrected chi connectivity index (χ4v) is 2.00. The van der Waals surface area contributed by atoms with Crippen LogP contribution in [0.4, 0.5) is 0 Å². The molecular formula is C11H14O2. The van der Waals surface area contributed by atoms with Crippen molar-refractivity contribution in [2.75, 3.05) is 7.11 Å². The largest absolute Gasteiger partial charge is 0.508 e. The molecule has 0 heterocycles. The monoisotopic (exact) mass is 178 g/mol. The molecule has 0 spiro atoms. The third-order valence-electron chi connectivity index (χ3n) is 2.56. The number of hydrogen-bond donors (Lipinski definition) is 1. The molecule has 0 saturated heterocycles. The number of phenols is 1. The van der Waals surface area contributed by atoms with E-state index in [2.05, 4.69) is 6.07 Å². The number of methoxy groups -OCH3 is 1. The lowest BCUT2D eigenvalue weighted by atomic mass is 10.1. The summed E-state index contributed by atoms with van der Waals surface area (Å²) in [5.41, 5.74) is 3.51. The minimum absolute atomic E-state index is 0.446. The van der Waals surface area contributed by atoms with Crippen LogP contribution in [0.25, 0.3) is 0 Å². The van der Waals surface area contributed by atoms with Crippen LogP contribution >= 0.6 is 0 Å². The Kier molecular flexibility index (Phi) is 2.23. The summed E-state index contributed by atoms with van der Waals surface area (Å²) in [6.45, 7) is 0.584. The van der Waals surface area contributed by atoms with Gasteiger partial charge >= 0.3 is 0 Å². The summed E-state index contributed by atoms with van der Waals surface area (Å²) in [6.07, 6.45) is 3.29. The van der Waals surface area contributed by atoms with E-state index in [-0.39, 0.29) is 0 Å². The molecule has 0 aromatic heterocycles. The Bertz CT molecular complexity index is 318. The highest BCUT2D eigenvalue weighted by molar-refractivity contribution is 5.45. The molecule has 1 aliphatic carbocycles. The van der Waals surface area contributed by atoms with E-state index in [1.807, 2.05) is 6.07 Å². The van der Waals surface area contributed by atoms with Gasteiger partial charge in [-0.1, -0.05) is 6.07 Å². The van der Waals surface area contributed by atoms with Gasteiger partial charge in [-0.15, -0.1) is 0 Å². The third-order valence-corrected chi connectivity index (χ3v) is 2.56. The van der Waals surface area contributed by atoms with Gasteiger partial charge in [-0.05, 0) is 42.0 Å². The molecule has 1 aromatic carbocycles. The molecule has 1 N–H and O–H groups in total. The quantitative estimate of drug-likeness (QED) is 0.750. The smallest absolute Gasteiger partial charge is 0.119 e. The van der Waals surface area contributed by atoms with E-state index in [1.54, 1.807) is 7.11 Å². The number of fused-ring (bicyclic) bond motifs is 1. The Morgan fingerprint density at radius 1 is 1.38 bits per heavy atom. The molecule has 0 atom stereocenters. The zero-order valence-electron chi connectivity index (χ0n) is 7.84. The maximum absolute atomic E-state index is 9.68. The van der Waals surface area contributed by atoms with Crippen molar-refractivity contribution >= 4 is 0 Å². The first-order valence-electron chi connectivity index (χ1n) is 4.64. The van der Waals surface area contributed by atoms with Gasteiger partial charge in [0.1, 0.15) is 5.75 Å². The number of hydrogen-bond acceptors (Lipinski definition) is 2. The predicted molar refractivity (Wildman–Crippen MR) is 50.8 cm³/mol. The fraction of sp³-hybridized carbons (Fsp3) is 0.455. The first-order valence-corrected chi connectivity index (χ1v) is 4.64. The Labute approximate surface area is 78.2 Å². The van der Waals surface area contributed by atoms with E-state index in [1.165, 1.54) is 12.0 Å². The van der Waals surface area contributed by atoms with Gasteiger partial charge in [0.2, 0.25) is 0 Å². The normalized spacial score (nSPS) is 14.5. The molecule has 2 rings (SSSR count). The van der Waals surface area contributed by atoms with Crippen molar-refractivity contribution in [2.24, 2.45) is 0 Å². The highest BCUT2D eigenvalue weighted by Gasteiger charge is 2.15. The van der Waals surface area contributed by atoms with E-state index in [4.69, 9.17) is 4.74 Å². The lowest BCUT2D eigenvalue weighted by Gasteiger charge is -2.06. The maximum Gasteiger partial charge on any atom is 0.119 e. The molecular weight excluding hydrogens is 164 g/mol. The van der Waals surface area contributed by atoms with Gasteiger partial charge in [-0.3, -0.25) is 0 Å². The van der Waals surface area contributed by atoms with Gasteiger partial charge in [0.25, 0.3) is 0 Å². The van der Waals surface area contributed by atoms with Crippen molar-refractivity contribution in [2.45, 2.75) is 25.9 Å². The number of aromatic hydroxyl groups is 1. The second-order valence-electron chi connectivity index (χ2n) is 3.54. The van der Waals surface area contributed by atoms with Gasteiger partial charge in [-0.25, -0.2) is 0 Å². The van der Waals surface area contributed by atoms with Crippen LogP contribution in [0.2, 0.25) is 0 Å². The molecule has 2 heteroatoms. The third kappa shape index (κ3) is 1.54. The van der Waals surface area contributed by atoms with Crippen LogP contribution in [-0.4, -0.2) is 12.2 Å². The standard InChI is InChI=1S/C11H14O2/c1-13-7-8-5-9-3-2-4-10(9)11(12)6-8/h5-6,12H,2-4,7H2,1H3. The Balaban J connectivity index is 2.37. The minimum Gasteiger partial charge on any atom is -0.508 e.